The highest BCUT2D eigenvalue weighted by Crippen LogP contribution is 2.54. The van der Waals surface area contributed by atoms with E-state index in [1.165, 1.54) is 14.2 Å². The van der Waals surface area contributed by atoms with Crippen LogP contribution in [0.1, 0.15) is 82.3 Å². The summed E-state index contributed by atoms with van der Waals surface area (Å²) in [5.74, 6) is -7.88. The quantitative estimate of drug-likeness (QED) is 0.0732. The molecule has 2 atom stereocenters. The third-order valence-electron chi connectivity index (χ3n) is 11.7. The molecule has 5 aromatic rings. The molecule has 0 saturated carbocycles. The highest BCUT2D eigenvalue weighted by atomic mass is 79.9. The molecule has 0 fully saturated rings. The number of likely N-dealkylation sites (N-methyl/N-ethyl adjacent to an activating group) is 1. The van der Waals surface area contributed by atoms with Crippen LogP contribution in [0.15, 0.2) is 89.7 Å². The zero-order valence-electron chi connectivity index (χ0n) is 34.9. The predicted molar refractivity (Wildman–Crippen MR) is 228 cm³/mol. The smallest absolute Gasteiger partial charge is 0.219 e. The minimum atomic E-state index is -1.59. The van der Waals surface area contributed by atoms with E-state index in [2.05, 4.69) is 32.2 Å². The maximum Gasteiger partial charge on any atom is 0.219 e. The minimum Gasteiger partial charge on any atom is -0.496 e. The molecule has 7 rings (SSSR count). The van der Waals surface area contributed by atoms with Gasteiger partial charge in [-0.25, -0.2) is 26.3 Å². The minimum absolute atomic E-state index is 0. The van der Waals surface area contributed by atoms with Crippen molar-refractivity contribution in [3.05, 3.63) is 158 Å². The molecule has 1 heterocycles. The fourth-order valence-electron chi connectivity index (χ4n) is 8.64. The Morgan fingerprint density at radius 3 is 1.80 bits per heavy atom. The van der Waals surface area contributed by atoms with E-state index >= 15 is 17.6 Å². The Kier molecular flexibility index (Phi) is 11.6. The summed E-state index contributed by atoms with van der Waals surface area (Å²) in [5, 5.41) is 2.06. The fourth-order valence-corrected chi connectivity index (χ4v) is 8.64. The predicted octanol–water partition coefficient (Wildman–Crippen LogP) is 13.5. The van der Waals surface area contributed by atoms with E-state index in [-0.39, 0.29) is 51.7 Å². The highest BCUT2D eigenvalue weighted by molar-refractivity contribution is 8.93. The van der Waals surface area contributed by atoms with Gasteiger partial charge in [-0.1, -0.05) is 84.0 Å². The van der Waals surface area contributed by atoms with Gasteiger partial charge < -0.3 is 14.0 Å². The Morgan fingerprint density at radius 2 is 1.25 bits per heavy atom. The fraction of sp³-hybridized carbons (Fsp3) is 0.306. The number of benzene rings is 5. The molecule has 1 aliphatic carbocycles. The van der Waals surface area contributed by atoms with Crippen molar-refractivity contribution in [1.82, 2.24) is 0 Å². The van der Waals surface area contributed by atoms with Gasteiger partial charge in [-0.15, -0.1) is 17.0 Å². The lowest BCUT2D eigenvalue weighted by atomic mass is 9.73. The molecule has 59 heavy (non-hydrogen) atoms. The van der Waals surface area contributed by atoms with E-state index in [0.29, 0.717) is 56.1 Å². The first-order chi connectivity index (χ1) is 27.2. The standard InChI is InChI=1S/C49H47F6NO2.BrH/c1-26(30-17-13-15-27-14-11-12-16-31(27)30)56(8)24-34-32(22-36(48(2,3)4)46(57-9)42(34)28-18-38(50)44(54)39(51)19-28)33-23-37(49(5,6)7)47(58-10)43(35(33)25-56)29-20-40(52)45(55)41(53)21-29;/h11-22,26H,24-25H2,1-10H3;1H/q+2;/t26?,56-;/m0./s1. The first kappa shape index (κ1) is 43.7. The molecule has 308 valence electrons. The van der Waals surface area contributed by atoms with Gasteiger partial charge in [0.15, 0.2) is 40.5 Å². The van der Waals surface area contributed by atoms with Gasteiger partial charge in [-0.05, 0) is 59.0 Å². The summed E-state index contributed by atoms with van der Waals surface area (Å²) in [4.78, 5) is 0. The molecule has 1 unspecified atom stereocenters. The molecule has 0 N–H and O–H groups in total. The number of methoxy groups -OCH3 is 2. The van der Waals surface area contributed by atoms with Crippen molar-refractivity contribution in [3.63, 3.8) is 0 Å². The maximum absolute atomic E-state index is 15.3. The SMILES string of the molecule is Br.COC1=C(C(C)(C)C)[C+]=C2C(=C1c1cc(F)c(F)c(F)c1)C[N@@+](C)(C(C)c1cccc3ccccc13)Cc1c2cc(C(C)(C)C)c(OC)c1-c1cc(F)c(F)c(F)c1. The molecule has 0 spiro atoms. The molecule has 0 radical (unpaired) electrons. The van der Waals surface area contributed by atoms with Gasteiger partial charge in [-0.3, -0.25) is 0 Å². The monoisotopic (exact) mass is 875 g/mol. The molecule has 2 aliphatic rings. The largest absolute Gasteiger partial charge is 0.496 e. The number of nitrogens with zero attached hydrogens (tertiary/aromatic N) is 1. The summed E-state index contributed by atoms with van der Waals surface area (Å²) < 4.78 is 103. The molecule has 5 aromatic carbocycles. The molecule has 0 aromatic heterocycles. The van der Waals surface area contributed by atoms with Crippen LogP contribution in [0.5, 0.6) is 5.75 Å². The van der Waals surface area contributed by atoms with Crippen LogP contribution in [0.4, 0.5) is 26.3 Å². The summed E-state index contributed by atoms with van der Waals surface area (Å²) in [6.45, 7) is 14.4. The highest BCUT2D eigenvalue weighted by Gasteiger charge is 2.49. The number of ether oxygens (including phenoxy) is 2. The number of allylic oxidation sites excluding steroid dienone is 3. The molecule has 3 nitrogen and oxygen atoms in total. The topological polar surface area (TPSA) is 18.5 Å². The summed E-state index contributed by atoms with van der Waals surface area (Å²) in [6.07, 6.45) is 3.70. The van der Waals surface area contributed by atoms with Crippen LogP contribution in [0, 0.1) is 46.4 Å². The molecular formula is C49H48BrF6NO2+2. The number of fused-ring (bicyclic) bond motifs is 4. The van der Waals surface area contributed by atoms with Crippen molar-refractivity contribution in [2.75, 3.05) is 27.8 Å². The van der Waals surface area contributed by atoms with Crippen molar-refractivity contribution in [2.45, 2.75) is 66.5 Å². The maximum atomic E-state index is 15.3. The van der Waals surface area contributed by atoms with Gasteiger partial charge in [0.05, 0.1) is 32.4 Å². The average Bonchev–Trinajstić information content (AvgIpc) is 3.29. The molecule has 1 aliphatic heterocycles. The van der Waals surface area contributed by atoms with Gasteiger partial charge in [0.1, 0.15) is 41.6 Å². The summed E-state index contributed by atoms with van der Waals surface area (Å²) in [5.41, 5.74) is 4.45. The number of quaternary nitrogens is 1. The molecular weight excluding hydrogens is 828 g/mol. The third kappa shape index (κ3) is 7.49. The van der Waals surface area contributed by atoms with Gasteiger partial charge in [0.25, 0.3) is 0 Å². The lowest BCUT2D eigenvalue weighted by molar-refractivity contribution is -0.945. The average molecular weight is 877 g/mol. The van der Waals surface area contributed by atoms with Crippen molar-refractivity contribution >= 4 is 38.9 Å². The van der Waals surface area contributed by atoms with Crippen LogP contribution >= 0.6 is 17.0 Å². The molecule has 10 heteroatoms. The first-order valence-electron chi connectivity index (χ1n) is 19.2. The van der Waals surface area contributed by atoms with Crippen molar-refractivity contribution in [3.8, 4) is 16.9 Å². The summed E-state index contributed by atoms with van der Waals surface area (Å²) >= 11 is 0. The third-order valence-corrected chi connectivity index (χ3v) is 11.7. The lowest BCUT2D eigenvalue weighted by Crippen LogP contribution is -2.46. The van der Waals surface area contributed by atoms with Gasteiger partial charge in [-0.2, -0.15) is 0 Å². The summed E-state index contributed by atoms with van der Waals surface area (Å²) in [7, 11) is 5.05. The van der Waals surface area contributed by atoms with E-state index in [9.17, 15) is 8.78 Å². The van der Waals surface area contributed by atoms with E-state index in [0.717, 1.165) is 40.6 Å². The molecule has 0 amide bonds. The Hall–Kier alpha value is -4.89. The normalized spacial score (nSPS) is 17.4. The van der Waals surface area contributed by atoms with Gasteiger partial charge in [0, 0.05) is 33.7 Å². The van der Waals surface area contributed by atoms with Crippen molar-refractivity contribution in [1.29, 1.82) is 0 Å². The lowest BCUT2D eigenvalue weighted by Gasteiger charge is -2.40. The Balaban J connectivity index is 0.00000585. The Bertz CT molecular complexity index is 2560. The van der Waals surface area contributed by atoms with Crippen LogP contribution < -0.4 is 4.74 Å². The van der Waals surface area contributed by atoms with Crippen molar-refractivity contribution in [2.24, 2.45) is 5.41 Å². The van der Waals surface area contributed by atoms with Gasteiger partial charge >= 0.3 is 0 Å². The Labute approximate surface area is 353 Å². The summed E-state index contributed by atoms with van der Waals surface area (Å²) in [6, 6.07) is 19.8. The van der Waals surface area contributed by atoms with E-state index in [1.54, 1.807) is 0 Å². The van der Waals surface area contributed by atoms with Crippen LogP contribution in [0.25, 0.3) is 33.0 Å². The second-order valence-corrected chi connectivity index (χ2v) is 17.7. The van der Waals surface area contributed by atoms with E-state index in [1.807, 2.05) is 77.9 Å². The zero-order chi connectivity index (χ0) is 42.2. The zero-order valence-corrected chi connectivity index (χ0v) is 36.6. The first-order valence-corrected chi connectivity index (χ1v) is 19.2. The van der Waals surface area contributed by atoms with Crippen LogP contribution in [0.2, 0.25) is 0 Å². The van der Waals surface area contributed by atoms with Crippen molar-refractivity contribution < 1.29 is 40.3 Å². The van der Waals surface area contributed by atoms with E-state index in [4.69, 9.17) is 9.47 Å². The number of hydrogen-bond donors (Lipinski definition) is 0. The van der Waals surface area contributed by atoms with Crippen LogP contribution in [-0.2, 0) is 16.7 Å². The number of halogens is 7. The van der Waals surface area contributed by atoms with E-state index < -0.39 is 45.7 Å². The van der Waals surface area contributed by atoms with Gasteiger partial charge in [0.2, 0.25) is 5.76 Å². The Morgan fingerprint density at radius 1 is 0.695 bits per heavy atom. The molecule has 0 bridgehead atoms. The van der Waals surface area contributed by atoms with Crippen LogP contribution in [-0.4, -0.2) is 32.3 Å². The van der Waals surface area contributed by atoms with Crippen LogP contribution in [0.3, 0.4) is 0 Å². The number of rotatable bonds is 6. The number of hydrogen-bond acceptors (Lipinski definition) is 2. The second kappa shape index (κ2) is 15.6. The second-order valence-electron chi connectivity index (χ2n) is 17.7. The molecule has 0 saturated heterocycles.